The zero-order valence-corrected chi connectivity index (χ0v) is 11.3. The van der Waals surface area contributed by atoms with Crippen molar-refractivity contribution in [3.63, 3.8) is 0 Å². The van der Waals surface area contributed by atoms with Crippen LogP contribution in [-0.2, 0) is 4.79 Å². The molecule has 2 nitrogen and oxygen atoms in total. The molecule has 2 heteroatoms. The summed E-state index contributed by atoms with van der Waals surface area (Å²) >= 11 is 0. The number of amides is 1. The first-order valence-electron chi connectivity index (χ1n) is 6.66. The lowest BCUT2D eigenvalue weighted by Gasteiger charge is -2.26. The van der Waals surface area contributed by atoms with Crippen molar-refractivity contribution in [2.24, 2.45) is 17.3 Å². The number of rotatable bonds is 4. The van der Waals surface area contributed by atoms with Crippen LogP contribution in [-0.4, -0.2) is 12.5 Å². The number of carbonyl (C=O) groups is 1. The largest absolute Gasteiger partial charge is 0.356 e. The van der Waals surface area contributed by atoms with Gasteiger partial charge in [0.05, 0.1) is 0 Å². The fraction of sp³-hybridized carbons (Fsp3) is 0.929. The second kappa shape index (κ2) is 5.70. The van der Waals surface area contributed by atoms with Crippen molar-refractivity contribution in [2.45, 2.75) is 59.8 Å². The highest BCUT2D eigenvalue weighted by Crippen LogP contribution is 2.28. The van der Waals surface area contributed by atoms with Gasteiger partial charge in [-0.15, -0.1) is 0 Å². The highest BCUT2D eigenvalue weighted by atomic mass is 16.1. The highest BCUT2D eigenvalue weighted by Gasteiger charge is 2.23. The SMILES string of the molecule is CC(CCC1CCCNC1=O)CC(C)(C)C. The van der Waals surface area contributed by atoms with Crippen LogP contribution in [0, 0.1) is 17.3 Å². The Morgan fingerprint density at radius 3 is 2.69 bits per heavy atom. The minimum atomic E-state index is 0.286. The van der Waals surface area contributed by atoms with Crippen LogP contribution in [0.2, 0.25) is 0 Å². The number of carbonyl (C=O) groups excluding carboxylic acids is 1. The quantitative estimate of drug-likeness (QED) is 0.781. The van der Waals surface area contributed by atoms with Gasteiger partial charge in [0.1, 0.15) is 0 Å². The lowest BCUT2D eigenvalue weighted by molar-refractivity contribution is -0.126. The van der Waals surface area contributed by atoms with Crippen LogP contribution in [0.5, 0.6) is 0 Å². The summed E-state index contributed by atoms with van der Waals surface area (Å²) in [5.74, 6) is 1.31. The molecule has 16 heavy (non-hydrogen) atoms. The van der Waals surface area contributed by atoms with Crippen LogP contribution in [0.25, 0.3) is 0 Å². The minimum Gasteiger partial charge on any atom is -0.356 e. The molecule has 94 valence electrons. The zero-order valence-electron chi connectivity index (χ0n) is 11.3. The second-order valence-electron chi connectivity index (χ2n) is 6.58. The van der Waals surface area contributed by atoms with E-state index >= 15 is 0 Å². The maximum Gasteiger partial charge on any atom is 0.223 e. The fourth-order valence-corrected chi connectivity index (χ4v) is 2.74. The number of piperidine rings is 1. The smallest absolute Gasteiger partial charge is 0.223 e. The van der Waals surface area contributed by atoms with E-state index in [1.807, 2.05) is 0 Å². The molecule has 2 unspecified atom stereocenters. The first kappa shape index (κ1) is 13.5. The zero-order chi connectivity index (χ0) is 12.2. The molecular formula is C14H27NO. The number of hydrogen-bond donors (Lipinski definition) is 1. The molecule has 0 saturated carbocycles. The van der Waals surface area contributed by atoms with Crippen molar-refractivity contribution in [1.82, 2.24) is 5.32 Å². The van der Waals surface area contributed by atoms with Gasteiger partial charge in [0.15, 0.2) is 0 Å². The molecule has 0 aromatic heterocycles. The maximum absolute atomic E-state index is 11.6. The van der Waals surface area contributed by atoms with Gasteiger partial charge >= 0.3 is 0 Å². The number of nitrogens with one attached hydrogen (secondary N) is 1. The third-order valence-electron chi connectivity index (χ3n) is 3.37. The van der Waals surface area contributed by atoms with E-state index in [9.17, 15) is 4.79 Å². The summed E-state index contributed by atoms with van der Waals surface area (Å²) in [6.07, 6.45) is 5.76. The van der Waals surface area contributed by atoms with E-state index in [2.05, 4.69) is 33.0 Å². The van der Waals surface area contributed by atoms with Crippen LogP contribution in [0.15, 0.2) is 0 Å². The normalized spacial score (nSPS) is 24.0. The fourth-order valence-electron chi connectivity index (χ4n) is 2.74. The van der Waals surface area contributed by atoms with Crippen LogP contribution in [0.3, 0.4) is 0 Å². The third kappa shape index (κ3) is 5.00. The van der Waals surface area contributed by atoms with E-state index in [1.54, 1.807) is 0 Å². The maximum atomic E-state index is 11.6. The molecule has 0 radical (unpaired) electrons. The van der Waals surface area contributed by atoms with Crippen molar-refractivity contribution in [2.75, 3.05) is 6.54 Å². The van der Waals surface area contributed by atoms with Crippen LogP contribution in [0.1, 0.15) is 59.8 Å². The van der Waals surface area contributed by atoms with Gasteiger partial charge in [-0.05, 0) is 43.4 Å². The molecule has 0 aliphatic carbocycles. The highest BCUT2D eigenvalue weighted by molar-refractivity contribution is 5.79. The van der Waals surface area contributed by atoms with Crippen LogP contribution < -0.4 is 5.32 Å². The summed E-state index contributed by atoms with van der Waals surface area (Å²) in [7, 11) is 0. The Bertz CT molecular complexity index is 229. The molecule has 0 bridgehead atoms. The van der Waals surface area contributed by atoms with Crippen molar-refractivity contribution in [1.29, 1.82) is 0 Å². The Morgan fingerprint density at radius 1 is 1.44 bits per heavy atom. The predicted molar refractivity (Wildman–Crippen MR) is 68.2 cm³/mol. The summed E-state index contributed by atoms with van der Waals surface area (Å²) < 4.78 is 0. The van der Waals surface area contributed by atoms with E-state index in [0.717, 1.165) is 31.7 Å². The van der Waals surface area contributed by atoms with Crippen molar-refractivity contribution in [3.8, 4) is 0 Å². The average molecular weight is 225 g/mol. The number of hydrogen-bond acceptors (Lipinski definition) is 1. The summed E-state index contributed by atoms with van der Waals surface area (Å²) in [4.78, 5) is 11.6. The van der Waals surface area contributed by atoms with E-state index in [1.165, 1.54) is 12.8 Å². The molecule has 0 spiro atoms. The molecular weight excluding hydrogens is 198 g/mol. The minimum absolute atomic E-state index is 0.286. The predicted octanol–water partition coefficient (Wildman–Crippen LogP) is 3.37. The van der Waals surface area contributed by atoms with Gasteiger partial charge in [0.25, 0.3) is 0 Å². The molecule has 1 N–H and O–H groups in total. The monoisotopic (exact) mass is 225 g/mol. The van der Waals surface area contributed by atoms with Gasteiger partial charge < -0.3 is 5.32 Å². The first-order valence-corrected chi connectivity index (χ1v) is 6.66. The van der Waals surface area contributed by atoms with Gasteiger partial charge in [-0.25, -0.2) is 0 Å². The van der Waals surface area contributed by atoms with Gasteiger partial charge in [0, 0.05) is 12.5 Å². The van der Waals surface area contributed by atoms with Gasteiger partial charge in [0.2, 0.25) is 5.91 Å². The van der Waals surface area contributed by atoms with Crippen LogP contribution in [0.4, 0.5) is 0 Å². The summed E-state index contributed by atoms with van der Waals surface area (Å²) in [5.41, 5.74) is 0.411. The lowest BCUT2D eigenvalue weighted by Crippen LogP contribution is -2.36. The molecule has 1 aliphatic rings. The molecule has 0 aromatic rings. The molecule has 1 aliphatic heterocycles. The third-order valence-corrected chi connectivity index (χ3v) is 3.37. The molecule has 1 amide bonds. The molecule has 0 aromatic carbocycles. The molecule has 1 saturated heterocycles. The summed E-state index contributed by atoms with van der Waals surface area (Å²) in [5, 5.41) is 2.97. The van der Waals surface area contributed by atoms with Crippen molar-refractivity contribution in [3.05, 3.63) is 0 Å². The van der Waals surface area contributed by atoms with Gasteiger partial charge in [-0.2, -0.15) is 0 Å². The van der Waals surface area contributed by atoms with Gasteiger partial charge in [-0.1, -0.05) is 27.7 Å². The molecule has 1 heterocycles. The Kier molecular flexibility index (Phi) is 4.82. The molecule has 1 fully saturated rings. The van der Waals surface area contributed by atoms with E-state index in [0.29, 0.717) is 5.41 Å². The van der Waals surface area contributed by atoms with Crippen molar-refractivity contribution >= 4 is 5.91 Å². The Labute approximate surface area is 100 Å². The standard InChI is InChI=1S/C14H27NO/c1-11(10-14(2,3)4)7-8-12-6-5-9-15-13(12)16/h11-12H,5-10H2,1-4H3,(H,15,16). The lowest BCUT2D eigenvalue weighted by atomic mass is 9.81. The average Bonchev–Trinajstić information content (AvgIpc) is 2.14. The summed E-state index contributed by atoms with van der Waals surface area (Å²) in [6.45, 7) is 10.1. The first-order chi connectivity index (χ1) is 7.38. The van der Waals surface area contributed by atoms with E-state index in [4.69, 9.17) is 0 Å². The Balaban J connectivity index is 2.25. The topological polar surface area (TPSA) is 29.1 Å². The van der Waals surface area contributed by atoms with Gasteiger partial charge in [-0.3, -0.25) is 4.79 Å². The molecule has 2 atom stereocenters. The second-order valence-corrected chi connectivity index (χ2v) is 6.58. The summed E-state index contributed by atoms with van der Waals surface area (Å²) in [6, 6.07) is 0. The van der Waals surface area contributed by atoms with Crippen LogP contribution >= 0.6 is 0 Å². The molecule has 1 rings (SSSR count). The van der Waals surface area contributed by atoms with E-state index < -0.39 is 0 Å². The Hall–Kier alpha value is -0.530. The Morgan fingerprint density at radius 2 is 2.12 bits per heavy atom. The van der Waals surface area contributed by atoms with E-state index in [-0.39, 0.29) is 11.8 Å². The van der Waals surface area contributed by atoms with Crippen molar-refractivity contribution < 1.29 is 4.79 Å².